The van der Waals surface area contributed by atoms with Crippen LogP contribution in [0.25, 0.3) is 0 Å². The summed E-state index contributed by atoms with van der Waals surface area (Å²) in [6.45, 7) is 6.31. The molecule has 2 rings (SSSR count). The lowest BCUT2D eigenvalue weighted by molar-refractivity contribution is 0.309. The fourth-order valence-electron chi connectivity index (χ4n) is 2.94. The topological polar surface area (TPSA) is 21.3 Å². The minimum Gasteiger partial charge on any atom is -0.494 e. The maximum absolute atomic E-state index is 5.69. The van der Waals surface area contributed by atoms with Gasteiger partial charge in [0.1, 0.15) is 5.75 Å². The summed E-state index contributed by atoms with van der Waals surface area (Å²) in [5.41, 5.74) is 1.35. The second-order valence-electron chi connectivity index (χ2n) is 6.06. The molecule has 0 radical (unpaired) electrons. The monoisotopic (exact) mass is 275 g/mol. The molecule has 1 fully saturated rings. The van der Waals surface area contributed by atoms with Gasteiger partial charge in [0.2, 0.25) is 0 Å². The van der Waals surface area contributed by atoms with Crippen molar-refractivity contribution >= 4 is 0 Å². The fourth-order valence-corrected chi connectivity index (χ4v) is 2.94. The number of benzene rings is 1. The molecule has 0 bridgehead atoms. The largest absolute Gasteiger partial charge is 0.494 e. The first-order chi connectivity index (χ1) is 9.79. The molecule has 1 aliphatic rings. The Morgan fingerprint density at radius 3 is 2.55 bits per heavy atom. The smallest absolute Gasteiger partial charge is 0.119 e. The highest BCUT2D eigenvalue weighted by Gasteiger charge is 2.20. The normalized spacial score (nSPS) is 17.3. The Kier molecular flexibility index (Phi) is 6.38. The Hall–Kier alpha value is -1.02. The molecule has 1 atom stereocenters. The predicted molar refractivity (Wildman–Crippen MR) is 85.1 cm³/mol. The van der Waals surface area contributed by atoms with Crippen LogP contribution in [0.3, 0.4) is 0 Å². The SMILES string of the molecule is CCCCOc1ccc(CN[C@H](C)C2CCCC2)cc1. The highest BCUT2D eigenvalue weighted by molar-refractivity contribution is 5.27. The first kappa shape index (κ1) is 15.4. The van der Waals surface area contributed by atoms with Gasteiger partial charge in [0.15, 0.2) is 0 Å². The van der Waals surface area contributed by atoms with Crippen molar-refractivity contribution in [2.24, 2.45) is 5.92 Å². The Morgan fingerprint density at radius 1 is 1.20 bits per heavy atom. The summed E-state index contributed by atoms with van der Waals surface area (Å²) >= 11 is 0. The van der Waals surface area contributed by atoms with Crippen molar-refractivity contribution in [2.45, 2.75) is 65.0 Å². The first-order valence-corrected chi connectivity index (χ1v) is 8.24. The standard InChI is InChI=1S/C18H29NO/c1-3-4-13-20-18-11-9-16(10-12-18)14-19-15(2)17-7-5-6-8-17/h9-12,15,17,19H,3-8,13-14H2,1-2H3/t15-/m1/s1. The minimum absolute atomic E-state index is 0.637. The van der Waals surface area contributed by atoms with Gasteiger partial charge in [-0.05, 0) is 49.8 Å². The van der Waals surface area contributed by atoms with E-state index in [1.54, 1.807) is 0 Å². The highest BCUT2D eigenvalue weighted by atomic mass is 16.5. The minimum atomic E-state index is 0.637. The molecule has 1 aromatic carbocycles. The van der Waals surface area contributed by atoms with Crippen molar-refractivity contribution in [1.82, 2.24) is 5.32 Å². The summed E-state index contributed by atoms with van der Waals surface area (Å²) in [4.78, 5) is 0. The molecule has 1 aliphatic carbocycles. The number of hydrogen-bond acceptors (Lipinski definition) is 2. The van der Waals surface area contributed by atoms with Gasteiger partial charge in [0, 0.05) is 12.6 Å². The molecule has 1 N–H and O–H groups in total. The summed E-state index contributed by atoms with van der Waals surface area (Å²) in [5.74, 6) is 1.87. The molecule has 20 heavy (non-hydrogen) atoms. The lowest BCUT2D eigenvalue weighted by Crippen LogP contribution is -2.31. The van der Waals surface area contributed by atoms with Gasteiger partial charge < -0.3 is 10.1 Å². The molecule has 1 aromatic rings. The van der Waals surface area contributed by atoms with Gasteiger partial charge in [-0.3, -0.25) is 0 Å². The third-order valence-corrected chi connectivity index (χ3v) is 4.43. The molecule has 0 heterocycles. The zero-order valence-electron chi connectivity index (χ0n) is 13.0. The van der Waals surface area contributed by atoms with Crippen LogP contribution in [0.2, 0.25) is 0 Å². The zero-order chi connectivity index (χ0) is 14.2. The van der Waals surface area contributed by atoms with Gasteiger partial charge in [-0.25, -0.2) is 0 Å². The summed E-state index contributed by atoms with van der Waals surface area (Å²) in [5, 5.41) is 3.67. The van der Waals surface area contributed by atoms with Gasteiger partial charge in [0.25, 0.3) is 0 Å². The first-order valence-electron chi connectivity index (χ1n) is 8.24. The van der Waals surface area contributed by atoms with Gasteiger partial charge >= 0.3 is 0 Å². The van der Waals surface area contributed by atoms with Crippen LogP contribution in [-0.4, -0.2) is 12.6 Å². The maximum atomic E-state index is 5.69. The maximum Gasteiger partial charge on any atom is 0.119 e. The predicted octanol–water partition coefficient (Wildman–Crippen LogP) is 4.53. The summed E-state index contributed by atoms with van der Waals surface area (Å²) in [6.07, 6.45) is 7.95. The van der Waals surface area contributed by atoms with Gasteiger partial charge in [-0.2, -0.15) is 0 Å². The molecular weight excluding hydrogens is 246 g/mol. The number of ether oxygens (including phenoxy) is 1. The molecule has 0 aliphatic heterocycles. The number of nitrogens with one attached hydrogen (secondary N) is 1. The zero-order valence-corrected chi connectivity index (χ0v) is 13.0. The number of hydrogen-bond donors (Lipinski definition) is 1. The van der Waals surface area contributed by atoms with Crippen molar-refractivity contribution in [2.75, 3.05) is 6.61 Å². The van der Waals surface area contributed by atoms with E-state index in [-0.39, 0.29) is 0 Å². The van der Waals surface area contributed by atoms with E-state index in [2.05, 4.69) is 43.4 Å². The van der Waals surface area contributed by atoms with Crippen molar-refractivity contribution < 1.29 is 4.74 Å². The summed E-state index contributed by atoms with van der Waals surface area (Å²) in [7, 11) is 0. The molecule has 112 valence electrons. The average molecular weight is 275 g/mol. The van der Waals surface area contributed by atoms with Crippen LogP contribution in [0.4, 0.5) is 0 Å². The quantitative estimate of drug-likeness (QED) is 0.704. The molecule has 0 amide bonds. The lowest BCUT2D eigenvalue weighted by atomic mass is 9.99. The Labute approximate surface area is 123 Å². The van der Waals surface area contributed by atoms with Crippen molar-refractivity contribution in [3.63, 3.8) is 0 Å². The fraction of sp³-hybridized carbons (Fsp3) is 0.667. The lowest BCUT2D eigenvalue weighted by Gasteiger charge is -2.20. The molecule has 1 saturated carbocycles. The van der Waals surface area contributed by atoms with Crippen LogP contribution in [0.5, 0.6) is 5.75 Å². The molecule has 0 spiro atoms. The van der Waals surface area contributed by atoms with Gasteiger partial charge in [-0.15, -0.1) is 0 Å². The average Bonchev–Trinajstić information content (AvgIpc) is 3.01. The Morgan fingerprint density at radius 2 is 1.90 bits per heavy atom. The Bertz CT molecular complexity index is 368. The third kappa shape index (κ3) is 4.82. The molecular formula is C18H29NO. The van der Waals surface area contributed by atoms with Crippen LogP contribution in [0.1, 0.15) is 57.9 Å². The van der Waals surface area contributed by atoms with Crippen molar-refractivity contribution in [3.05, 3.63) is 29.8 Å². The molecule has 2 nitrogen and oxygen atoms in total. The van der Waals surface area contributed by atoms with E-state index in [1.165, 1.54) is 37.7 Å². The van der Waals surface area contributed by atoms with Crippen molar-refractivity contribution in [1.29, 1.82) is 0 Å². The molecule has 0 aromatic heterocycles. The molecule has 0 saturated heterocycles. The van der Waals surface area contributed by atoms with E-state index in [1.807, 2.05) is 0 Å². The van der Waals surface area contributed by atoms with Gasteiger partial charge in [-0.1, -0.05) is 38.3 Å². The van der Waals surface area contributed by atoms with Crippen molar-refractivity contribution in [3.8, 4) is 5.75 Å². The van der Waals surface area contributed by atoms with Crippen LogP contribution < -0.4 is 10.1 Å². The number of unbranched alkanes of at least 4 members (excludes halogenated alkanes) is 1. The molecule has 2 heteroatoms. The van der Waals surface area contributed by atoms with Crippen LogP contribution in [-0.2, 0) is 6.54 Å². The second-order valence-corrected chi connectivity index (χ2v) is 6.06. The van der Waals surface area contributed by atoms with E-state index < -0.39 is 0 Å². The van der Waals surface area contributed by atoms with E-state index in [9.17, 15) is 0 Å². The van der Waals surface area contributed by atoms with Crippen LogP contribution in [0, 0.1) is 5.92 Å². The van der Waals surface area contributed by atoms with E-state index in [0.29, 0.717) is 6.04 Å². The van der Waals surface area contributed by atoms with E-state index in [0.717, 1.165) is 31.2 Å². The van der Waals surface area contributed by atoms with E-state index in [4.69, 9.17) is 4.74 Å². The van der Waals surface area contributed by atoms with Gasteiger partial charge in [0.05, 0.1) is 6.61 Å². The highest BCUT2D eigenvalue weighted by Crippen LogP contribution is 2.27. The van der Waals surface area contributed by atoms with Crippen LogP contribution >= 0.6 is 0 Å². The Balaban J connectivity index is 1.72. The third-order valence-electron chi connectivity index (χ3n) is 4.43. The molecule has 0 unspecified atom stereocenters. The summed E-state index contributed by atoms with van der Waals surface area (Å²) < 4.78 is 5.69. The summed E-state index contributed by atoms with van der Waals surface area (Å²) in [6, 6.07) is 9.17. The van der Waals surface area contributed by atoms with Crippen LogP contribution in [0.15, 0.2) is 24.3 Å². The number of rotatable bonds is 8. The second kappa shape index (κ2) is 8.31. The van der Waals surface area contributed by atoms with E-state index >= 15 is 0 Å².